The molecule has 1 rings (SSSR count). The van der Waals surface area contributed by atoms with E-state index < -0.39 is 0 Å². The zero-order valence-corrected chi connectivity index (χ0v) is 17.1. The number of methoxy groups -OCH3 is 1. The van der Waals surface area contributed by atoms with Crippen LogP contribution in [0.3, 0.4) is 0 Å². The Balaban J connectivity index is 2.58. The van der Waals surface area contributed by atoms with Gasteiger partial charge in [-0.2, -0.15) is 0 Å². The van der Waals surface area contributed by atoms with Crippen LogP contribution in [0.4, 0.5) is 0 Å². The van der Waals surface area contributed by atoms with Crippen LogP contribution in [-0.4, -0.2) is 48.5 Å². The van der Waals surface area contributed by atoms with Crippen LogP contribution < -0.4 is 21.5 Å². The molecule has 4 N–H and O–H groups in total. The lowest BCUT2D eigenvalue weighted by atomic mass is 10.2. The van der Waals surface area contributed by atoms with E-state index >= 15 is 0 Å². The lowest BCUT2D eigenvalue weighted by molar-refractivity contribution is -0.119. The molecule has 1 aromatic rings. The van der Waals surface area contributed by atoms with Gasteiger partial charge in [-0.3, -0.25) is 20.4 Å². The summed E-state index contributed by atoms with van der Waals surface area (Å²) in [5.74, 6) is -0.165. The summed E-state index contributed by atoms with van der Waals surface area (Å²) in [5, 5.41) is 6.10. The highest BCUT2D eigenvalue weighted by atomic mass is 32.2. The van der Waals surface area contributed by atoms with Crippen molar-refractivity contribution in [1.29, 1.82) is 0 Å². The van der Waals surface area contributed by atoms with Gasteiger partial charge in [0.1, 0.15) is 0 Å². The van der Waals surface area contributed by atoms with Crippen molar-refractivity contribution < 1.29 is 14.3 Å². The summed E-state index contributed by atoms with van der Waals surface area (Å²) in [7, 11) is 1.60. The molecular formula is C17H26N4O3S2. The van der Waals surface area contributed by atoms with E-state index in [1.54, 1.807) is 25.3 Å². The number of amides is 2. The molecule has 2 amide bonds. The van der Waals surface area contributed by atoms with Crippen molar-refractivity contribution in [2.24, 2.45) is 0 Å². The van der Waals surface area contributed by atoms with E-state index in [2.05, 4.69) is 21.5 Å². The zero-order chi connectivity index (χ0) is 19.5. The number of thioether (sulfide) groups is 1. The molecule has 26 heavy (non-hydrogen) atoms. The van der Waals surface area contributed by atoms with Crippen molar-refractivity contribution in [3.8, 4) is 0 Å². The molecule has 1 aromatic carbocycles. The summed E-state index contributed by atoms with van der Waals surface area (Å²) < 4.78 is 5.01. The molecule has 0 aliphatic carbocycles. The predicted molar refractivity (Wildman–Crippen MR) is 108 cm³/mol. The Bertz CT molecular complexity index is 626. The molecule has 1 atom stereocenters. The SMILES string of the molecule is COC[C@@H](C)NC(=S)NNC(=O)c1ccccc1SCC(=O)NC(C)C. The Kier molecular flexibility index (Phi) is 10.0. The molecule has 9 heteroatoms. The van der Waals surface area contributed by atoms with Gasteiger partial charge in [-0.05, 0) is 45.1 Å². The average molecular weight is 399 g/mol. The predicted octanol–water partition coefficient (Wildman–Crippen LogP) is 1.45. The van der Waals surface area contributed by atoms with E-state index in [1.165, 1.54) is 11.8 Å². The third kappa shape index (κ3) is 8.50. The van der Waals surface area contributed by atoms with Crippen molar-refractivity contribution >= 4 is 40.9 Å². The van der Waals surface area contributed by atoms with Gasteiger partial charge in [0, 0.05) is 24.1 Å². The van der Waals surface area contributed by atoms with E-state index in [0.717, 1.165) is 4.90 Å². The maximum Gasteiger partial charge on any atom is 0.270 e. The number of carbonyl (C=O) groups is 2. The number of carbonyl (C=O) groups excluding carboxylic acids is 2. The molecule has 0 aliphatic heterocycles. The topological polar surface area (TPSA) is 91.5 Å². The average Bonchev–Trinajstić information content (AvgIpc) is 2.57. The van der Waals surface area contributed by atoms with Gasteiger partial charge < -0.3 is 15.4 Å². The maximum atomic E-state index is 12.4. The minimum atomic E-state index is -0.332. The zero-order valence-electron chi connectivity index (χ0n) is 15.4. The van der Waals surface area contributed by atoms with Gasteiger partial charge in [-0.25, -0.2) is 0 Å². The third-order valence-electron chi connectivity index (χ3n) is 3.02. The van der Waals surface area contributed by atoms with E-state index in [-0.39, 0.29) is 29.7 Å². The van der Waals surface area contributed by atoms with Crippen LogP contribution in [0.25, 0.3) is 0 Å². The largest absolute Gasteiger partial charge is 0.383 e. The monoisotopic (exact) mass is 398 g/mol. The summed E-state index contributed by atoms with van der Waals surface area (Å²) in [5.41, 5.74) is 5.69. The third-order valence-corrected chi connectivity index (χ3v) is 4.32. The fraction of sp³-hybridized carbons (Fsp3) is 0.471. The van der Waals surface area contributed by atoms with E-state index in [4.69, 9.17) is 17.0 Å². The smallest absolute Gasteiger partial charge is 0.270 e. The Hall–Kier alpha value is -1.84. The number of hydrazine groups is 1. The highest BCUT2D eigenvalue weighted by Gasteiger charge is 2.13. The lowest BCUT2D eigenvalue weighted by Crippen LogP contribution is -2.50. The molecule has 0 bridgehead atoms. The van der Waals surface area contributed by atoms with Crippen LogP contribution in [-0.2, 0) is 9.53 Å². The van der Waals surface area contributed by atoms with Crippen molar-refractivity contribution in [3.63, 3.8) is 0 Å². The molecule has 144 valence electrons. The highest BCUT2D eigenvalue weighted by Crippen LogP contribution is 2.22. The highest BCUT2D eigenvalue weighted by molar-refractivity contribution is 8.00. The van der Waals surface area contributed by atoms with Crippen molar-refractivity contribution in [1.82, 2.24) is 21.5 Å². The number of nitrogens with one attached hydrogen (secondary N) is 4. The van der Waals surface area contributed by atoms with E-state index in [0.29, 0.717) is 17.3 Å². The number of thiocarbonyl (C=S) groups is 1. The van der Waals surface area contributed by atoms with Crippen LogP contribution in [0, 0.1) is 0 Å². The first-order chi connectivity index (χ1) is 12.3. The molecule has 0 spiro atoms. The van der Waals surface area contributed by atoms with Gasteiger partial charge in [0.2, 0.25) is 5.91 Å². The van der Waals surface area contributed by atoms with Gasteiger partial charge in [-0.15, -0.1) is 11.8 Å². The number of ether oxygens (including phenoxy) is 1. The molecule has 0 unspecified atom stereocenters. The Morgan fingerprint density at radius 2 is 1.85 bits per heavy atom. The Morgan fingerprint density at radius 1 is 1.15 bits per heavy atom. The molecule has 0 saturated carbocycles. The standard InChI is InChI=1S/C17H26N4O3S2/c1-11(2)18-15(22)10-26-14-8-6-5-7-13(14)16(23)20-21-17(25)19-12(3)9-24-4/h5-8,11-12H,9-10H2,1-4H3,(H,18,22)(H,20,23)(H2,19,21,25)/t12-/m1/s1. The van der Waals surface area contributed by atoms with Crippen LogP contribution >= 0.6 is 24.0 Å². The van der Waals surface area contributed by atoms with Gasteiger partial charge in [-0.1, -0.05) is 12.1 Å². The minimum Gasteiger partial charge on any atom is -0.383 e. The maximum absolute atomic E-state index is 12.4. The number of benzene rings is 1. The van der Waals surface area contributed by atoms with Crippen LogP contribution in [0.15, 0.2) is 29.2 Å². The summed E-state index contributed by atoms with van der Waals surface area (Å²) in [4.78, 5) is 24.9. The van der Waals surface area contributed by atoms with Crippen molar-refractivity contribution in [3.05, 3.63) is 29.8 Å². The first-order valence-corrected chi connectivity index (χ1v) is 9.59. The fourth-order valence-electron chi connectivity index (χ4n) is 2.02. The Morgan fingerprint density at radius 3 is 2.50 bits per heavy atom. The summed E-state index contributed by atoms with van der Waals surface area (Å²) in [6.07, 6.45) is 0. The number of rotatable bonds is 8. The summed E-state index contributed by atoms with van der Waals surface area (Å²) in [6, 6.07) is 7.19. The summed E-state index contributed by atoms with van der Waals surface area (Å²) >= 11 is 6.43. The van der Waals surface area contributed by atoms with Gasteiger partial charge in [0.05, 0.1) is 17.9 Å². The second kappa shape index (κ2) is 11.7. The first kappa shape index (κ1) is 22.2. The fourth-order valence-corrected chi connectivity index (χ4v) is 3.13. The lowest BCUT2D eigenvalue weighted by Gasteiger charge is -2.17. The van der Waals surface area contributed by atoms with Gasteiger partial charge >= 0.3 is 0 Å². The van der Waals surface area contributed by atoms with Gasteiger partial charge in [0.15, 0.2) is 5.11 Å². The molecule has 0 radical (unpaired) electrons. The van der Waals surface area contributed by atoms with Crippen molar-refractivity contribution in [2.75, 3.05) is 19.5 Å². The van der Waals surface area contributed by atoms with Crippen LogP contribution in [0.1, 0.15) is 31.1 Å². The number of hydrogen-bond donors (Lipinski definition) is 4. The Labute approximate surface area is 164 Å². The minimum absolute atomic E-state index is 0.0132. The first-order valence-electron chi connectivity index (χ1n) is 8.20. The second-order valence-corrected chi connectivity index (χ2v) is 7.34. The quantitative estimate of drug-likeness (QED) is 0.299. The van der Waals surface area contributed by atoms with E-state index in [1.807, 2.05) is 26.8 Å². The molecule has 0 aromatic heterocycles. The van der Waals surface area contributed by atoms with Gasteiger partial charge in [0.25, 0.3) is 5.91 Å². The molecule has 0 saturated heterocycles. The van der Waals surface area contributed by atoms with Crippen LogP contribution in [0.2, 0.25) is 0 Å². The normalized spacial score (nSPS) is 11.6. The van der Waals surface area contributed by atoms with Crippen molar-refractivity contribution in [2.45, 2.75) is 37.8 Å². The van der Waals surface area contributed by atoms with Crippen LogP contribution in [0.5, 0.6) is 0 Å². The van der Waals surface area contributed by atoms with E-state index in [9.17, 15) is 9.59 Å². The number of hydrogen-bond acceptors (Lipinski definition) is 5. The molecule has 7 nitrogen and oxygen atoms in total. The molecular weight excluding hydrogens is 372 g/mol. The second-order valence-electron chi connectivity index (χ2n) is 5.92. The molecule has 0 aliphatic rings. The molecule has 0 heterocycles. The molecule has 0 fully saturated rings. The summed E-state index contributed by atoms with van der Waals surface area (Å²) in [6.45, 7) is 6.21.